The smallest absolute Gasteiger partial charge is 0.219 e. The molecule has 0 saturated carbocycles. The summed E-state index contributed by atoms with van der Waals surface area (Å²) < 4.78 is 45.1. The van der Waals surface area contributed by atoms with Crippen LogP contribution in [-0.2, 0) is 22.0 Å². The third kappa shape index (κ3) is 5.30. The minimum atomic E-state index is -3.42. The van der Waals surface area contributed by atoms with Gasteiger partial charge in [-0.05, 0) is 54.8 Å². The molecule has 2 aromatic carbocycles. The molecule has 0 unspecified atom stereocenters. The molecule has 0 radical (unpaired) electrons. The lowest BCUT2D eigenvalue weighted by atomic mass is 10.0. The van der Waals surface area contributed by atoms with E-state index in [0.29, 0.717) is 44.7 Å². The highest BCUT2D eigenvalue weighted by molar-refractivity contribution is 7.89. The molecule has 5 rings (SSSR count). The summed E-state index contributed by atoms with van der Waals surface area (Å²) in [6.45, 7) is 3.63. The lowest BCUT2D eigenvalue weighted by Gasteiger charge is -2.14. The monoisotopic (exact) mass is 566 g/mol. The van der Waals surface area contributed by atoms with Gasteiger partial charge in [-0.1, -0.05) is 29.8 Å². The van der Waals surface area contributed by atoms with Crippen molar-refractivity contribution in [2.75, 3.05) is 12.0 Å². The van der Waals surface area contributed by atoms with Gasteiger partial charge in [0, 0.05) is 29.9 Å². The van der Waals surface area contributed by atoms with Crippen molar-refractivity contribution in [2.24, 2.45) is 0 Å². The lowest BCUT2D eigenvalue weighted by Crippen LogP contribution is -2.11. The van der Waals surface area contributed by atoms with Crippen LogP contribution in [0.5, 0.6) is 11.6 Å². The van der Waals surface area contributed by atoms with Crippen molar-refractivity contribution in [1.82, 2.24) is 14.8 Å². The largest absolute Gasteiger partial charge is 0.437 e. The van der Waals surface area contributed by atoms with Gasteiger partial charge in [0.1, 0.15) is 17.4 Å². The van der Waals surface area contributed by atoms with E-state index in [1.165, 1.54) is 23.0 Å². The van der Waals surface area contributed by atoms with E-state index in [1.807, 2.05) is 13.0 Å². The van der Waals surface area contributed by atoms with Gasteiger partial charge in [0.05, 0.1) is 33.9 Å². The van der Waals surface area contributed by atoms with Gasteiger partial charge in [-0.15, -0.1) is 0 Å². The van der Waals surface area contributed by atoms with Crippen LogP contribution in [0, 0.1) is 19.7 Å². The Morgan fingerprint density at radius 3 is 2.64 bits per heavy atom. The zero-order valence-electron chi connectivity index (χ0n) is 21.3. The van der Waals surface area contributed by atoms with Gasteiger partial charge in [0.25, 0.3) is 0 Å². The number of nitrogen functional groups attached to an aromatic ring is 1. The number of hydrogen-bond acceptors (Lipinski definition) is 7. The Bertz CT molecular complexity index is 1770. The number of carbonyl (C=O) groups excluding carboxylic acids is 1. The molecule has 0 amide bonds. The number of allylic oxidation sites excluding steroid dienone is 1. The highest BCUT2D eigenvalue weighted by Crippen LogP contribution is 2.33. The zero-order chi connectivity index (χ0) is 28.1. The number of ketones is 1. The highest BCUT2D eigenvalue weighted by atomic mass is 35.5. The molecule has 11 heteroatoms. The van der Waals surface area contributed by atoms with Crippen molar-refractivity contribution >= 4 is 39.1 Å². The number of pyridine rings is 1. The van der Waals surface area contributed by atoms with Crippen LogP contribution in [0.15, 0.2) is 54.2 Å². The first-order valence-corrected chi connectivity index (χ1v) is 14.3. The maximum atomic E-state index is 14.5. The number of fused-ring (bicyclic) bond motifs is 1. The van der Waals surface area contributed by atoms with Gasteiger partial charge in [-0.3, -0.25) is 4.79 Å². The van der Waals surface area contributed by atoms with Crippen molar-refractivity contribution in [2.45, 2.75) is 26.0 Å². The number of benzene rings is 2. The third-order valence-electron chi connectivity index (χ3n) is 6.38. The summed E-state index contributed by atoms with van der Waals surface area (Å²) in [5.74, 6) is -0.434. The Balaban J connectivity index is 1.41. The van der Waals surface area contributed by atoms with Crippen LogP contribution in [0.1, 0.15) is 38.3 Å². The van der Waals surface area contributed by atoms with E-state index in [4.69, 9.17) is 22.1 Å². The molecule has 1 aliphatic carbocycles. The first kappa shape index (κ1) is 26.6. The van der Waals surface area contributed by atoms with Gasteiger partial charge in [0.15, 0.2) is 15.6 Å². The minimum Gasteiger partial charge on any atom is -0.437 e. The number of ether oxygens (including phenoxy) is 1. The number of Topliss-reactive ketones (excluding diaryl/α,β-unsaturated/α-hetero) is 1. The molecule has 4 aromatic rings. The molecular weight excluding hydrogens is 543 g/mol. The molecule has 39 heavy (non-hydrogen) atoms. The maximum absolute atomic E-state index is 14.5. The van der Waals surface area contributed by atoms with Gasteiger partial charge in [0.2, 0.25) is 5.88 Å². The van der Waals surface area contributed by atoms with E-state index >= 15 is 0 Å². The first-order chi connectivity index (χ1) is 18.4. The second-order valence-electron chi connectivity index (χ2n) is 9.49. The van der Waals surface area contributed by atoms with Crippen LogP contribution in [0.3, 0.4) is 0 Å². The number of anilines is 1. The Morgan fingerprint density at radius 2 is 1.95 bits per heavy atom. The SMILES string of the molecule is Cc1cc(Oc2ccccc2Cl)nc(C)c1-n1ncc(C(=O)C2=Cc3cc(F)c(CS(C)(=O)=O)cc3C2)c1N. The van der Waals surface area contributed by atoms with Crippen molar-refractivity contribution in [3.05, 3.63) is 98.6 Å². The molecule has 200 valence electrons. The fraction of sp³-hybridized carbons (Fsp3) is 0.179. The third-order valence-corrected chi connectivity index (χ3v) is 7.52. The van der Waals surface area contributed by atoms with Crippen LogP contribution in [-0.4, -0.2) is 35.2 Å². The predicted octanol–water partition coefficient (Wildman–Crippen LogP) is 5.42. The topological polar surface area (TPSA) is 117 Å². The summed E-state index contributed by atoms with van der Waals surface area (Å²) in [5.41, 5.74) is 10.2. The Labute approximate surface area is 229 Å². The maximum Gasteiger partial charge on any atom is 0.219 e. The number of hydrogen-bond donors (Lipinski definition) is 1. The molecule has 2 aromatic heterocycles. The summed E-state index contributed by atoms with van der Waals surface area (Å²) >= 11 is 6.20. The predicted molar refractivity (Wildman–Crippen MR) is 148 cm³/mol. The van der Waals surface area contributed by atoms with Crippen molar-refractivity contribution in [3.8, 4) is 17.3 Å². The molecule has 2 heterocycles. The number of nitrogens with zero attached hydrogens (tertiary/aromatic N) is 3. The van der Waals surface area contributed by atoms with Crippen LogP contribution < -0.4 is 10.5 Å². The standard InChI is InChI=1S/C28H24ClFN4O4S/c1-15-8-25(38-24-7-5-4-6-22(24)29)33-16(2)26(15)34-28(31)21(13-32-34)27(35)19-9-17-11-20(14-39(3,36)37)23(30)12-18(17)10-19/h4-8,10-13H,9,14,31H2,1-3H3. The Hall–Kier alpha value is -4.02. The summed E-state index contributed by atoms with van der Waals surface area (Å²) in [6.07, 6.45) is 4.26. The lowest BCUT2D eigenvalue weighted by molar-refractivity contribution is 0.103. The second kappa shape index (κ2) is 9.94. The van der Waals surface area contributed by atoms with Crippen molar-refractivity contribution in [1.29, 1.82) is 0 Å². The van der Waals surface area contributed by atoms with Crippen molar-refractivity contribution in [3.63, 3.8) is 0 Å². The molecule has 0 bridgehead atoms. The molecule has 8 nitrogen and oxygen atoms in total. The van der Waals surface area contributed by atoms with Crippen LogP contribution in [0.2, 0.25) is 5.02 Å². The summed E-state index contributed by atoms with van der Waals surface area (Å²) in [7, 11) is -3.42. The number of aryl methyl sites for hydroxylation is 2. The molecule has 0 saturated heterocycles. The van der Waals surface area contributed by atoms with E-state index in [1.54, 1.807) is 37.3 Å². The second-order valence-corrected chi connectivity index (χ2v) is 12.0. The van der Waals surface area contributed by atoms with E-state index in [2.05, 4.69) is 10.1 Å². The number of halogens is 2. The molecule has 0 fully saturated rings. The normalized spacial score (nSPS) is 12.8. The molecule has 1 aliphatic rings. The Morgan fingerprint density at radius 1 is 1.21 bits per heavy atom. The number of aromatic nitrogens is 3. The van der Waals surface area contributed by atoms with E-state index in [9.17, 15) is 17.6 Å². The van der Waals surface area contributed by atoms with E-state index in [-0.39, 0.29) is 29.1 Å². The molecule has 0 atom stereocenters. The van der Waals surface area contributed by atoms with Gasteiger partial charge >= 0.3 is 0 Å². The minimum absolute atomic E-state index is 0.0751. The number of rotatable bonds is 7. The van der Waals surface area contributed by atoms with Crippen molar-refractivity contribution < 1.29 is 22.3 Å². The summed E-state index contributed by atoms with van der Waals surface area (Å²) in [6, 6.07) is 11.6. The van der Waals surface area contributed by atoms with Crippen LogP contribution in [0.25, 0.3) is 11.8 Å². The average Bonchev–Trinajstić information content (AvgIpc) is 3.42. The number of nitrogens with two attached hydrogens (primary N) is 1. The van der Waals surface area contributed by atoms with Crippen LogP contribution >= 0.6 is 11.6 Å². The van der Waals surface area contributed by atoms with Gasteiger partial charge in [-0.25, -0.2) is 22.5 Å². The fourth-order valence-corrected chi connectivity index (χ4v) is 5.60. The van der Waals surface area contributed by atoms with E-state index < -0.39 is 21.4 Å². The van der Waals surface area contributed by atoms with Gasteiger partial charge in [-0.2, -0.15) is 5.10 Å². The number of sulfone groups is 1. The van der Waals surface area contributed by atoms with E-state index in [0.717, 1.165) is 11.8 Å². The molecule has 2 N–H and O–H groups in total. The number of para-hydroxylation sites is 1. The Kier molecular flexibility index (Phi) is 6.77. The van der Waals surface area contributed by atoms with Gasteiger partial charge < -0.3 is 10.5 Å². The molecule has 0 spiro atoms. The molecule has 0 aliphatic heterocycles. The average molecular weight is 567 g/mol. The fourth-order valence-electron chi connectivity index (χ4n) is 4.64. The van der Waals surface area contributed by atoms with Crippen LogP contribution in [0.4, 0.5) is 10.2 Å². The first-order valence-electron chi connectivity index (χ1n) is 11.9. The molecular formula is C28H24ClFN4O4S. The quantitative estimate of drug-likeness (QED) is 0.297. The highest BCUT2D eigenvalue weighted by Gasteiger charge is 2.26. The summed E-state index contributed by atoms with van der Waals surface area (Å²) in [5, 5.41) is 4.82. The summed E-state index contributed by atoms with van der Waals surface area (Å²) in [4.78, 5) is 17.9. The number of carbonyl (C=O) groups is 1. The zero-order valence-corrected chi connectivity index (χ0v) is 22.9.